The van der Waals surface area contributed by atoms with E-state index < -0.39 is 10.0 Å². The van der Waals surface area contributed by atoms with Gasteiger partial charge in [-0.3, -0.25) is 4.72 Å². The first kappa shape index (κ1) is 13.3. The van der Waals surface area contributed by atoms with Gasteiger partial charge in [0.05, 0.1) is 17.4 Å². The summed E-state index contributed by atoms with van der Waals surface area (Å²) in [4.78, 5) is 12.1. The Hall–Kier alpha value is -2.68. The third-order valence-corrected chi connectivity index (χ3v) is 4.01. The number of para-hydroxylation sites is 2. The second kappa shape index (κ2) is 4.70. The average Bonchev–Trinajstić information content (AvgIpc) is 2.87. The van der Waals surface area contributed by atoms with E-state index in [0.29, 0.717) is 11.0 Å². The molecule has 3 aromatic rings. The summed E-state index contributed by atoms with van der Waals surface area (Å²) in [6, 6.07) is 7.05. The highest BCUT2D eigenvalue weighted by atomic mass is 32.2. The first-order valence-corrected chi connectivity index (χ1v) is 7.47. The lowest BCUT2D eigenvalue weighted by Crippen LogP contribution is -2.16. The molecule has 0 aliphatic rings. The highest BCUT2D eigenvalue weighted by molar-refractivity contribution is 7.92. The van der Waals surface area contributed by atoms with E-state index in [0.717, 1.165) is 0 Å². The fraction of sp³-hybridized carbons (Fsp3) is 0.0833. The topological polar surface area (TPSA) is 116 Å². The van der Waals surface area contributed by atoms with Crippen molar-refractivity contribution in [1.82, 2.24) is 19.5 Å². The number of nitrogens with one attached hydrogen (secondary N) is 1. The molecule has 1 aromatic carbocycles. The number of anilines is 2. The van der Waals surface area contributed by atoms with Crippen LogP contribution in [-0.2, 0) is 17.1 Å². The van der Waals surface area contributed by atoms with Crippen LogP contribution in [0.3, 0.4) is 0 Å². The zero-order chi connectivity index (χ0) is 15.0. The summed E-state index contributed by atoms with van der Waals surface area (Å²) in [6.45, 7) is 0. The van der Waals surface area contributed by atoms with Crippen LogP contribution >= 0.6 is 0 Å². The number of benzene rings is 1. The molecule has 0 aliphatic carbocycles. The lowest BCUT2D eigenvalue weighted by atomic mass is 10.3. The van der Waals surface area contributed by atoms with E-state index >= 15 is 0 Å². The van der Waals surface area contributed by atoms with Crippen LogP contribution in [0.2, 0.25) is 0 Å². The highest BCUT2D eigenvalue weighted by Gasteiger charge is 2.19. The number of rotatable bonds is 3. The number of aryl methyl sites for hydroxylation is 1. The monoisotopic (exact) mass is 304 g/mol. The second-order valence-corrected chi connectivity index (χ2v) is 6.06. The zero-order valence-electron chi connectivity index (χ0n) is 11.1. The fourth-order valence-electron chi connectivity index (χ4n) is 1.80. The minimum atomic E-state index is -3.85. The van der Waals surface area contributed by atoms with E-state index in [1.165, 1.54) is 17.1 Å². The maximum absolute atomic E-state index is 12.2. The first-order chi connectivity index (χ1) is 9.95. The number of nitrogens with two attached hydrogens (primary N) is 1. The molecule has 0 unspecified atom stereocenters. The Bertz CT molecular complexity index is 918. The van der Waals surface area contributed by atoms with Crippen LogP contribution in [0, 0.1) is 0 Å². The van der Waals surface area contributed by atoms with Crippen molar-refractivity contribution in [2.24, 2.45) is 7.05 Å². The minimum absolute atomic E-state index is 0.00760. The van der Waals surface area contributed by atoms with Crippen molar-refractivity contribution >= 4 is 32.7 Å². The van der Waals surface area contributed by atoms with Gasteiger partial charge in [0.25, 0.3) is 10.0 Å². The molecule has 3 rings (SSSR count). The Balaban J connectivity index is 2.03. The fourth-order valence-corrected chi connectivity index (χ4v) is 2.80. The maximum Gasteiger partial charge on any atom is 0.282 e. The average molecular weight is 304 g/mol. The zero-order valence-corrected chi connectivity index (χ0v) is 11.9. The number of aromatic nitrogens is 4. The van der Waals surface area contributed by atoms with Gasteiger partial charge in [0, 0.05) is 13.2 Å². The van der Waals surface area contributed by atoms with Gasteiger partial charge in [0.2, 0.25) is 0 Å². The molecule has 9 heteroatoms. The normalized spacial score (nSPS) is 11.7. The van der Waals surface area contributed by atoms with Crippen molar-refractivity contribution in [3.8, 4) is 0 Å². The smallest absolute Gasteiger partial charge is 0.282 e. The van der Waals surface area contributed by atoms with Crippen LogP contribution in [-0.4, -0.2) is 27.9 Å². The molecule has 0 fully saturated rings. The highest BCUT2D eigenvalue weighted by Crippen LogP contribution is 2.21. The molecule has 8 nitrogen and oxygen atoms in total. The van der Waals surface area contributed by atoms with Crippen LogP contribution in [0.4, 0.5) is 11.6 Å². The predicted molar refractivity (Wildman–Crippen MR) is 78.0 cm³/mol. The predicted octanol–water partition coefficient (Wildman–Crippen LogP) is 0.746. The Kier molecular flexibility index (Phi) is 2.98. The number of hydrogen-bond acceptors (Lipinski definition) is 6. The van der Waals surface area contributed by atoms with Crippen LogP contribution in [0.5, 0.6) is 0 Å². The number of nitrogens with zero attached hydrogens (tertiary/aromatic N) is 4. The van der Waals surface area contributed by atoms with Crippen molar-refractivity contribution in [2.75, 3.05) is 10.5 Å². The summed E-state index contributed by atoms with van der Waals surface area (Å²) < 4.78 is 28.2. The molecule has 21 heavy (non-hydrogen) atoms. The molecule has 0 spiro atoms. The SMILES string of the molecule is Cn1cnc(S(=O)(=O)Nc2nc3ccccc3nc2N)c1. The summed E-state index contributed by atoms with van der Waals surface area (Å²) >= 11 is 0. The van der Waals surface area contributed by atoms with Crippen LogP contribution in [0.1, 0.15) is 0 Å². The second-order valence-electron chi connectivity index (χ2n) is 4.43. The molecule has 2 heterocycles. The van der Waals surface area contributed by atoms with Gasteiger partial charge in [-0.2, -0.15) is 8.42 Å². The summed E-state index contributed by atoms with van der Waals surface area (Å²) in [6.07, 6.45) is 2.77. The van der Waals surface area contributed by atoms with Crippen LogP contribution in [0.25, 0.3) is 11.0 Å². The largest absolute Gasteiger partial charge is 0.381 e. The van der Waals surface area contributed by atoms with E-state index in [-0.39, 0.29) is 16.7 Å². The molecular formula is C12H12N6O2S. The molecule has 0 amide bonds. The molecule has 0 aliphatic heterocycles. The molecule has 0 saturated carbocycles. The molecular weight excluding hydrogens is 292 g/mol. The van der Waals surface area contributed by atoms with Crippen LogP contribution < -0.4 is 10.5 Å². The van der Waals surface area contributed by atoms with Crippen molar-refractivity contribution in [3.05, 3.63) is 36.8 Å². The standard InChI is InChI=1S/C12H12N6O2S/c1-18-6-10(14-7-18)21(19,20)17-12-11(13)15-8-4-2-3-5-9(8)16-12/h2-7H,1H3,(H2,13,15)(H,16,17). The summed E-state index contributed by atoms with van der Waals surface area (Å²) in [5.41, 5.74) is 6.89. The van der Waals surface area contributed by atoms with Gasteiger partial charge in [0.1, 0.15) is 0 Å². The Morgan fingerprint density at radius 3 is 2.48 bits per heavy atom. The first-order valence-electron chi connectivity index (χ1n) is 5.99. The van der Waals surface area contributed by atoms with Gasteiger partial charge in [-0.05, 0) is 12.1 Å². The summed E-state index contributed by atoms with van der Waals surface area (Å²) in [5.74, 6) is -0.00689. The summed E-state index contributed by atoms with van der Waals surface area (Å²) in [7, 11) is -2.17. The number of fused-ring (bicyclic) bond motifs is 1. The van der Waals surface area contributed by atoms with Gasteiger partial charge < -0.3 is 10.3 Å². The molecule has 2 aromatic heterocycles. The van der Waals surface area contributed by atoms with E-state index in [1.807, 2.05) is 0 Å². The molecule has 0 atom stereocenters. The molecule has 0 bridgehead atoms. The quantitative estimate of drug-likeness (QED) is 0.737. The number of hydrogen-bond donors (Lipinski definition) is 2. The van der Waals surface area contributed by atoms with Gasteiger partial charge >= 0.3 is 0 Å². The maximum atomic E-state index is 12.2. The number of nitrogen functional groups attached to an aromatic ring is 1. The lowest BCUT2D eigenvalue weighted by molar-refractivity contribution is 0.598. The molecule has 0 saturated heterocycles. The van der Waals surface area contributed by atoms with E-state index in [4.69, 9.17) is 5.73 Å². The molecule has 108 valence electrons. The van der Waals surface area contributed by atoms with Crippen molar-refractivity contribution in [3.63, 3.8) is 0 Å². The number of imidazole rings is 1. The Labute approximate surface area is 120 Å². The third kappa shape index (κ3) is 2.50. The van der Waals surface area contributed by atoms with Crippen molar-refractivity contribution in [1.29, 1.82) is 0 Å². The molecule has 3 N–H and O–H groups in total. The number of sulfonamides is 1. The Morgan fingerprint density at radius 2 is 1.86 bits per heavy atom. The van der Waals surface area contributed by atoms with Gasteiger partial charge in [-0.1, -0.05) is 12.1 Å². The van der Waals surface area contributed by atoms with E-state index in [2.05, 4.69) is 19.7 Å². The summed E-state index contributed by atoms with van der Waals surface area (Å²) in [5, 5.41) is -0.112. The van der Waals surface area contributed by atoms with E-state index in [9.17, 15) is 8.42 Å². The minimum Gasteiger partial charge on any atom is -0.381 e. The van der Waals surface area contributed by atoms with Gasteiger partial charge in [-0.15, -0.1) is 0 Å². The lowest BCUT2D eigenvalue weighted by Gasteiger charge is -2.08. The Morgan fingerprint density at radius 1 is 1.19 bits per heavy atom. The van der Waals surface area contributed by atoms with E-state index in [1.54, 1.807) is 31.3 Å². The third-order valence-electron chi connectivity index (χ3n) is 2.79. The van der Waals surface area contributed by atoms with Gasteiger partial charge in [0.15, 0.2) is 16.7 Å². The van der Waals surface area contributed by atoms with Crippen molar-refractivity contribution < 1.29 is 8.42 Å². The van der Waals surface area contributed by atoms with Crippen LogP contribution in [0.15, 0.2) is 41.8 Å². The molecule has 0 radical (unpaired) electrons. The van der Waals surface area contributed by atoms with Gasteiger partial charge in [-0.25, -0.2) is 15.0 Å². The van der Waals surface area contributed by atoms with Crippen molar-refractivity contribution in [2.45, 2.75) is 5.03 Å².